The molecule has 1 amide bonds. The van der Waals surface area contributed by atoms with Gasteiger partial charge in [-0.2, -0.15) is 0 Å². The quantitative estimate of drug-likeness (QED) is 0.359. The molecule has 5 rings (SSSR count). The summed E-state index contributed by atoms with van der Waals surface area (Å²) in [5, 5.41) is 3.79. The summed E-state index contributed by atoms with van der Waals surface area (Å²) in [4.78, 5) is 37.7. The molecule has 0 fully saturated rings. The Hall–Kier alpha value is -4.65. The zero-order chi connectivity index (χ0) is 23.7. The van der Waals surface area contributed by atoms with Crippen molar-refractivity contribution >= 4 is 39.3 Å². The second-order valence-corrected chi connectivity index (χ2v) is 7.78. The number of hydrogen-bond acceptors (Lipinski definition) is 6. The predicted molar refractivity (Wildman–Crippen MR) is 127 cm³/mol. The molecule has 7 nitrogen and oxygen atoms in total. The number of nitrogens with one attached hydrogen (secondary N) is 1. The second-order valence-electron chi connectivity index (χ2n) is 7.78. The zero-order valence-corrected chi connectivity index (χ0v) is 18.2. The summed E-state index contributed by atoms with van der Waals surface area (Å²) in [6.45, 7) is 1.62. The number of para-hydroxylation sites is 1. The van der Waals surface area contributed by atoms with Crippen molar-refractivity contribution < 1.29 is 23.2 Å². The first kappa shape index (κ1) is 21.2. The van der Waals surface area contributed by atoms with Gasteiger partial charge in [-0.15, -0.1) is 0 Å². The number of aryl methyl sites for hydroxylation is 1. The van der Waals surface area contributed by atoms with Gasteiger partial charge in [0.1, 0.15) is 16.9 Å². The minimum atomic E-state index is -0.473. The van der Waals surface area contributed by atoms with Crippen molar-refractivity contribution in [3.63, 3.8) is 0 Å². The molecule has 34 heavy (non-hydrogen) atoms. The Morgan fingerprint density at radius 2 is 1.71 bits per heavy atom. The standard InChI is InChI=1S/C27H19NO6/c1-16-6-8-17(9-7-16)26(31)27-25(20-4-2-3-5-22(20)34-27)28-24(30)15-33-18-10-11-19-21(29)12-13-32-23(19)14-18/h2-14H,15H2,1H3,(H,28,30). The van der Waals surface area contributed by atoms with E-state index >= 15 is 0 Å². The summed E-state index contributed by atoms with van der Waals surface area (Å²) in [5.41, 5.74) is 2.45. The lowest BCUT2D eigenvalue weighted by Crippen LogP contribution is -2.21. The zero-order valence-electron chi connectivity index (χ0n) is 18.2. The minimum absolute atomic E-state index is 0.0471. The number of amides is 1. The Balaban J connectivity index is 1.39. The number of carbonyl (C=O) groups is 2. The minimum Gasteiger partial charge on any atom is -0.484 e. The maximum absolute atomic E-state index is 13.1. The lowest BCUT2D eigenvalue weighted by Gasteiger charge is -2.08. The molecule has 0 spiro atoms. The van der Waals surface area contributed by atoms with Gasteiger partial charge in [-0.1, -0.05) is 42.0 Å². The summed E-state index contributed by atoms with van der Waals surface area (Å²) in [6, 6.07) is 20.3. The number of hydrogen-bond donors (Lipinski definition) is 1. The van der Waals surface area contributed by atoms with Crippen LogP contribution < -0.4 is 15.5 Å². The van der Waals surface area contributed by atoms with Gasteiger partial charge in [-0.25, -0.2) is 0 Å². The van der Waals surface area contributed by atoms with Crippen molar-refractivity contribution in [1.29, 1.82) is 0 Å². The van der Waals surface area contributed by atoms with E-state index in [1.165, 1.54) is 12.3 Å². The van der Waals surface area contributed by atoms with Gasteiger partial charge in [0, 0.05) is 23.1 Å². The van der Waals surface area contributed by atoms with Crippen LogP contribution in [0.4, 0.5) is 5.69 Å². The summed E-state index contributed by atoms with van der Waals surface area (Å²) >= 11 is 0. The van der Waals surface area contributed by atoms with E-state index in [2.05, 4.69) is 5.32 Å². The van der Waals surface area contributed by atoms with Crippen LogP contribution in [0, 0.1) is 6.92 Å². The Morgan fingerprint density at radius 3 is 2.53 bits per heavy atom. The molecule has 168 valence electrons. The van der Waals surface area contributed by atoms with Gasteiger partial charge in [-0.05, 0) is 31.2 Å². The number of benzene rings is 3. The molecule has 2 aromatic heterocycles. The normalized spacial score (nSPS) is 11.0. The fraction of sp³-hybridized carbons (Fsp3) is 0.0741. The first-order chi connectivity index (χ1) is 16.5. The van der Waals surface area contributed by atoms with Crippen LogP contribution in [-0.4, -0.2) is 18.3 Å². The molecule has 0 aliphatic rings. The van der Waals surface area contributed by atoms with Gasteiger partial charge in [0.2, 0.25) is 5.78 Å². The average molecular weight is 453 g/mol. The number of fused-ring (bicyclic) bond motifs is 2. The van der Waals surface area contributed by atoms with Crippen LogP contribution in [0.25, 0.3) is 21.9 Å². The molecular formula is C27H19NO6. The second kappa shape index (κ2) is 8.71. The van der Waals surface area contributed by atoms with Crippen LogP contribution in [0.3, 0.4) is 0 Å². The highest BCUT2D eigenvalue weighted by molar-refractivity contribution is 6.17. The van der Waals surface area contributed by atoms with E-state index in [1.807, 2.05) is 19.1 Å². The van der Waals surface area contributed by atoms with E-state index < -0.39 is 5.91 Å². The molecule has 0 aliphatic heterocycles. The maximum atomic E-state index is 13.1. The smallest absolute Gasteiger partial charge is 0.262 e. The third kappa shape index (κ3) is 4.06. The fourth-order valence-electron chi connectivity index (χ4n) is 3.64. The molecule has 0 saturated heterocycles. The largest absolute Gasteiger partial charge is 0.484 e. The van der Waals surface area contributed by atoms with Crippen molar-refractivity contribution in [1.82, 2.24) is 0 Å². The monoisotopic (exact) mass is 453 g/mol. The van der Waals surface area contributed by atoms with Gasteiger partial charge < -0.3 is 18.9 Å². The fourth-order valence-corrected chi connectivity index (χ4v) is 3.64. The Morgan fingerprint density at radius 1 is 0.912 bits per heavy atom. The molecule has 3 aromatic carbocycles. The average Bonchev–Trinajstić information content (AvgIpc) is 3.21. The number of ether oxygens (including phenoxy) is 1. The number of rotatable bonds is 6. The number of anilines is 1. The van der Waals surface area contributed by atoms with Crippen molar-refractivity contribution in [3.8, 4) is 5.75 Å². The van der Waals surface area contributed by atoms with Gasteiger partial charge in [0.15, 0.2) is 17.8 Å². The van der Waals surface area contributed by atoms with Crippen LogP contribution in [0.1, 0.15) is 21.7 Å². The first-order valence-electron chi connectivity index (χ1n) is 10.6. The maximum Gasteiger partial charge on any atom is 0.262 e. The van der Waals surface area contributed by atoms with E-state index in [0.29, 0.717) is 38.9 Å². The highest BCUT2D eigenvalue weighted by Crippen LogP contribution is 2.32. The molecule has 0 saturated carbocycles. The Labute approximate surface area is 193 Å². The van der Waals surface area contributed by atoms with Gasteiger partial charge in [-0.3, -0.25) is 14.4 Å². The van der Waals surface area contributed by atoms with Crippen molar-refractivity contribution in [2.24, 2.45) is 0 Å². The Kier molecular flexibility index (Phi) is 5.43. The molecule has 2 heterocycles. The van der Waals surface area contributed by atoms with E-state index in [1.54, 1.807) is 54.6 Å². The predicted octanol–water partition coefficient (Wildman–Crippen LogP) is 5.10. The van der Waals surface area contributed by atoms with E-state index in [9.17, 15) is 14.4 Å². The van der Waals surface area contributed by atoms with Crippen LogP contribution in [0.5, 0.6) is 5.75 Å². The van der Waals surface area contributed by atoms with Crippen molar-refractivity contribution in [2.45, 2.75) is 6.92 Å². The summed E-state index contributed by atoms with van der Waals surface area (Å²) in [6.07, 6.45) is 1.30. The van der Waals surface area contributed by atoms with Gasteiger partial charge >= 0.3 is 0 Å². The van der Waals surface area contributed by atoms with Crippen LogP contribution >= 0.6 is 0 Å². The summed E-state index contributed by atoms with van der Waals surface area (Å²) in [5.74, 6) is -0.396. The molecule has 5 aromatic rings. The molecule has 0 atom stereocenters. The van der Waals surface area contributed by atoms with Crippen LogP contribution in [0.15, 0.2) is 92.7 Å². The molecule has 0 unspecified atom stereocenters. The highest BCUT2D eigenvalue weighted by atomic mass is 16.5. The van der Waals surface area contributed by atoms with E-state index in [4.69, 9.17) is 13.6 Å². The topological polar surface area (TPSA) is 98.8 Å². The summed E-state index contributed by atoms with van der Waals surface area (Å²) < 4.78 is 16.7. The van der Waals surface area contributed by atoms with E-state index in [-0.39, 0.29) is 23.6 Å². The van der Waals surface area contributed by atoms with Crippen LogP contribution in [-0.2, 0) is 4.79 Å². The van der Waals surface area contributed by atoms with E-state index in [0.717, 1.165) is 5.56 Å². The lowest BCUT2D eigenvalue weighted by atomic mass is 10.1. The third-order valence-corrected chi connectivity index (χ3v) is 5.38. The van der Waals surface area contributed by atoms with Crippen molar-refractivity contribution in [3.05, 3.63) is 106 Å². The Bertz CT molecular complexity index is 1590. The molecular weight excluding hydrogens is 434 g/mol. The number of ketones is 1. The number of carbonyl (C=O) groups excluding carboxylic acids is 2. The molecule has 0 bridgehead atoms. The summed E-state index contributed by atoms with van der Waals surface area (Å²) in [7, 11) is 0. The SMILES string of the molecule is Cc1ccc(C(=O)c2oc3ccccc3c2NC(=O)COc2ccc3c(=O)ccoc3c2)cc1. The molecule has 0 radical (unpaired) electrons. The molecule has 1 N–H and O–H groups in total. The van der Waals surface area contributed by atoms with Crippen molar-refractivity contribution in [2.75, 3.05) is 11.9 Å². The molecule has 0 aliphatic carbocycles. The molecule has 7 heteroatoms. The number of furan rings is 1. The van der Waals surface area contributed by atoms with Gasteiger partial charge in [0.05, 0.1) is 17.3 Å². The third-order valence-electron chi connectivity index (χ3n) is 5.38. The van der Waals surface area contributed by atoms with Crippen LogP contribution in [0.2, 0.25) is 0 Å². The lowest BCUT2D eigenvalue weighted by molar-refractivity contribution is -0.118. The van der Waals surface area contributed by atoms with Gasteiger partial charge in [0.25, 0.3) is 5.91 Å². The highest BCUT2D eigenvalue weighted by Gasteiger charge is 2.23. The first-order valence-corrected chi connectivity index (χ1v) is 10.6.